The van der Waals surface area contributed by atoms with E-state index < -0.39 is 23.6 Å². The number of carboxylic acid groups (broad SMARTS) is 1. The number of carboxylic acids is 1. The Morgan fingerprint density at radius 1 is 1.06 bits per heavy atom. The van der Waals surface area contributed by atoms with E-state index in [1.807, 2.05) is 36.2 Å². The minimum atomic E-state index is -4.66. The van der Waals surface area contributed by atoms with Crippen molar-refractivity contribution < 1.29 is 32.5 Å². The van der Waals surface area contributed by atoms with Crippen LogP contribution in [0, 0.1) is 5.41 Å². The molecule has 264 valence electrons. The van der Waals surface area contributed by atoms with Crippen molar-refractivity contribution in [1.82, 2.24) is 24.8 Å². The van der Waals surface area contributed by atoms with Crippen molar-refractivity contribution in [1.29, 1.82) is 0 Å². The number of hydrogen-bond acceptors (Lipinski definition) is 9. The summed E-state index contributed by atoms with van der Waals surface area (Å²) >= 11 is 0. The SMILES string of the molecule is CCOc1ncc(-c2cc(N(C)CC(C)(C)COC)c3[nH]c(-c4ccc(N5CCN(CCCC(=O)O)CC5)cc4)nc3n2)cc1C(F)(F)F. The number of pyridine rings is 2. The molecule has 1 aromatic carbocycles. The van der Waals surface area contributed by atoms with Crippen molar-refractivity contribution in [2.75, 3.05) is 76.4 Å². The Balaban J connectivity index is 1.45. The average molecular weight is 684 g/mol. The van der Waals surface area contributed by atoms with E-state index in [2.05, 4.69) is 33.6 Å². The second kappa shape index (κ2) is 15.0. The smallest absolute Gasteiger partial charge is 0.421 e. The quantitative estimate of drug-likeness (QED) is 0.159. The van der Waals surface area contributed by atoms with Gasteiger partial charge in [0.2, 0.25) is 5.88 Å². The van der Waals surface area contributed by atoms with Crippen molar-refractivity contribution in [2.24, 2.45) is 5.41 Å². The van der Waals surface area contributed by atoms with Crippen LogP contribution in [0.4, 0.5) is 24.5 Å². The van der Waals surface area contributed by atoms with Gasteiger partial charge in [-0.05, 0) is 56.3 Å². The zero-order valence-corrected chi connectivity index (χ0v) is 28.6. The molecule has 14 heteroatoms. The lowest BCUT2D eigenvalue weighted by Crippen LogP contribution is -2.46. The highest BCUT2D eigenvalue weighted by molar-refractivity contribution is 5.91. The number of nitrogens with zero attached hydrogens (tertiary/aromatic N) is 6. The Morgan fingerprint density at radius 2 is 1.78 bits per heavy atom. The number of rotatable bonds is 14. The molecule has 0 atom stereocenters. The summed E-state index contributed by atoms with van der Waals surface area (Å²) in [7, 11) is 3.58. The Hall–Kier alpha value is -4.43. The predicted octanol–water partition coefficient (Wildman–Crippen LogP) is 6.20. The fraction of sp³-hybridized carbons (Fsp3) is 0.486. The van der Waals surface area contributed by atoms with Crippen molar-refractivity contribution in [3.05, 3.63) is 48.2 Å². The Kier molecular flexibility index (Phi) is 11.0. The van der Waals surface area contributed by atoms with Gasteiger partial charge in [0.05, 0.1) is 24.6 Å². The van der Waals surface area contributed by atoms with Crippen LogP contribution in [0.25, 0.3) is 33.8 Å². The number of hydrogen-bond donors (Lipinski definition) is 2. The van der Waals surface area contributed by atoms with Gasteiger partial charge in [-0.1, -0.05) is 13.8 Å². The van der Waals surface area contributed by atoms with Crippen LogP contribution in [-0.2, 0) is 15.7 Å². The van der Waals surface area contributed by atoms with E-state index in [-0.39, 0.29) is 24.0 Å². The summed E-state index contributed by atoms with van der Waals surface area (Å²) in [5, 5.41) is 8.91. The molecule has 0 saturated carbocycles. The maximum Gasteiger partial charge on any atom is 0.421 e. The molecule has 2 N–H and O–H groups in total. The van der Waals surface area contributed by atoms with Gasteiger partial charge in [0.25, 0.3) is 0 Å². The first-order valence-corrected chi connectivity index (χ1v) is 16.4. The molecule has 11 nitrogen and oxygen atoms in total. The van der Waals surface area contributed by atoms with Gasteiger partial charge in [-0.3, -0.25) is 9.69 Å². The van der Waals surface area contributed by atoms with E-state index in [1.165, 1.54) is 6.20 Å². The summed E-state index contributed by atoms with van der Waals surface area (Å²) in [5.41, 5.74) is 2.97. The zero-order chi connectivity index (χ0) is 35.3. The molecule has 0 unspecified atom stereocenters. The van der Waals surface area contributed by atoms with Crippen molar-refractivity contribution in [3.63, 3.8) is 0 Å². The number of alkyl halides is 3. The summed E-state index contributed by atoms with van der Waals surface area (Å²) in [6.07, 6.45) is -2.49. The Labute approximate surface area is 284 Å². The lowest BCUT2D eigenvalue weighted by molar-refractivity contribution is -0.139. The van der Waals surface area contributed by atoms with Crippen LogP contribution in [0.2, 0.25) is 0 Å². The number of ether oxygens (including phenoxy) is 2. The standard InChI is InChI=1S/C35H44F3N7O4/c1-6-49-33-26(35(36,37)38)18-24(20-39-33)27-19-28(43(4)21-34(2,3)22-48-5)30-32(40-27)42-31(41-30)23-9-11-25(12-10-23)45-16-14-44(15-17-45)13-7-8-29(46)47/h9-12,18-20H,6-8,13-17,21-22H2,1-5H3,(H,46,47)(H,40,41,42). The normalized spacial score (nSPS) is 14.4. The average Bonchev–Trinajstić information content (AvgIpc) is 3.48. The van der Waals surface area contributed by atoms with Gasteiger partial charge in [-0.2, -0.15) is 13.2 Å². The monoisotopic (exact) mass is 683 g/mol. The number of H-pyrrole nitrogens is 1. The fourth-order valence-electron chi connectivity index (χ4n) is 6.28. The number of aliphatic carboxylic acids is 1. The molecule has 0 radical (unpaired) electrons. The number of aromatic nitrogens is 4. The van der Waals surface area contributed by atoms with Crippen LogP contribution in [-0.4, -0.2) is 103 Å². The molecule has 0 bridgehead atoms. The lowest BCUT2D eigenvalue weighted by Gasteiger charge is -2.36. The number of benzene rings is 1. The number of nitrogens with one attached hydrogen (secondary N) is 1. The highest BCUT2D eigenvalue weighted by Crippen LogP contribution is 2.39. The van der Waals surface area contributed by atoms with Crippen molar-refractivity contribution in [2.45, 2.75) is 39.8 Å². The molecule has 0 amide bonds. The van der Waals surface area contributed by atoms with Gasteiger partial charge < -0.3 is 29.4 Å². The van der Waals surface area contributed by atoms with Crippen LogP contribution < -0.4 is 14.5 Å². The maximum absolute atomic E-state index is 14.0. The summed E-state index contributed by atoms with van der Waals surface area (Å²) in [4.78, 5) is 34.4. The second-order valence-corrected chi connectivity index (χ2v) is 13.1. The highest BCUT2D eigenvalue weighted by Gasteiger charge is 2.36. The molecule has 4 aromatic rings. The van der Waals surface area contributed by atoms with Gasteiger partial charge in [0, 0.05) is 81.7 Å². The Morgan fingerprint density at radius 3 is 2.41 bits per heavy atom. The van der Waals surface area contributed by atoms with E-state index in [1.54, 1.807) is 20.1 Å². The predicted molar refractivity (Wildman–Crippen MR) is 183 cm³/mol. The van der Waals surface area contributed by atoms with Gasteiger partial charge in [-0.25, -0.2) is 15.0 Å². The number of piperazine rings is 1. The summed E-state index contributed by atoms with van der Waals surface area (Å²) in [5.74, 6) is -0.652. The van der Waals surface area contributed by atoms with Gasteiger partial charge in [-0.15, -0.1) is 0 Å². The first-order valence-electron chi connectivity index (χ1n) is 16.4. The summed E-state index contributed by atoms with van der Waals surface area (Å²) in [6, 6.07) is 10.9. The number of anilines is 2. The molecule has 4 heterocycles. The molecule has 49 heavy (non-hydrogen) atoms. The van der Waals surface area contributed by atoms with Crippen LogP contribution >= 0.6 is 0 Å². The van der Waals surface area contributed by atoms with Crippen LogP contribution in [0.1, 0.15) is 39.2 Å². The van der Waals surface area contributed by atoms with E-state index in [0.717, 1.165) is 55.7 Å². The van der Waals surface area contributed by atoms with E-state index in [4.69, 9.17) is 24.5 Å². The third kappa shape index (κ3) is 8.79. The lowest BCUT2D eigenvalue weighted by atomic mass is 9.94. The molecule has 1 aliphatic rings. The van der Waals surface area contributed by atoms with E-state index >= 15 is 0 Å². The second-order valence-electron chi connectivity index (χ2n) is 13.1. The van der Waals surface area contributed by atoms with Gasteiger partial charge >= 0.3 is 12.1 Å². The van der Waals surface area contributed by atoms with Crippen molar-refractivity contribution >= 4 is 28.5 Å². The molecular formula is C35H44F3N7O4. The van der Waals surface area contributed by atoms with Crippen molar-refractivity contribution in [3.8, 4) is 28.5 Å². The Bertz CT molecular complexity index is 1740. The number of aromatic amines is 1. The molecule has 3 aromatic heterocycles. The number of methoxy groups -OCH3 is 1. The minimum Gasteiger partial charge on any atom is -0.481 e. The number of imidazole rings is 1. The largest absolute Gasteiger partial charge is 0.481 e. The third-order valence-electron chi connectivity index (χ3n) is 8.53. The van der Waals surface area contributed by atoms with Crippen LogP contribution in [0.15, 0.2) is 42.6 Å². The number of carbonyl (C=O) groups is 1. The minimum absolute atomic E-state index is 0.0513. The fourth-order valence-corrected chi connectivity index (χ4v) is 6.28. The topological polar surface area (TPSA) is 120 Å². The highest BCUT2D eigenvalue weighted by atomic mass is 19.4. The zero-order valence-electron chi connectivity index (χ0n) is 28.6. The summed E-state index contributed by atoms with van der Waals surface area (Å²) < 4.78 is 52.6. The molecular weight excluding hydrogens is 639 g/mol. The first kappa shape index (κ1) is 35.9. The van der Waals surface area contributed by atoms with Gasteiger partial charge in [0.1, 0.15) is 16.9 Å². The molecule has 0 aliphatic carbocycles. The van der Waals surface area contributed by atoms with Gasteiger partial charge in [0.15, 0.2) is 5.65 Å². The molecule has 1 fully saturated rings. The molecule has 1 saturated heterocycles. The van der Waals surface area contributed by atoms with Crippen LogP contribution in [0.3, 0.4) is 0 Å². The molecule has 0 spiro atoms. The number of halogens is 3. The molecule has 5 rings (SSSR count). The van der Waals surface area contributed by atoms with Crippen LogP contribution in [0.5, 0.6) is 5.88 Å². The molecule has 1 aliphatic heterocycles. The third-order valence-corrected chi connectivity index (χ3v) is 8.53. The number of fused-ring (bicyclic) bond motifs is 1. The van der Waals surface area contributed by atoms with E-state index in [9.17, 15) is 18.0 Å². The van der Waals surface area contributed by atoms with E-state index in [0.29, 0.717) is 42.3 Å². The maximum atomic E-state index is 14.0. The summed E-state index contributed by atoms with van der Waals surface area (Å²) in [6.45, 7) is 11.1. The first-order chi connectivity index (χ1) is 23.3.